The average molecular weight is 235 g/mol. The Labute approximate surface area is 103 Å². The summed E-state index contributed by atoms with van der Waals surface area (Å²) in [6.07, 6.45) is 3.02. The van der Waals surface area contributed by atoms with E-state index in [0.29, 0.717) is 6.54 Å². The van der Waals surface area contributed by atoms with Gasteiger partial charge in [-0.05, 0) is 25.0 Å². The van der Waals surface area contributed by atoms with Crippen LogP contribution in [0.1, 0.15) is 23.7 Å². The van der Waals surface area contributed by atoms with Crippen LogP contribution in [0.2, 0.25) is 0 Å². The molecule has 17 heavy (non-hydrogen) atoms. The average Bonchev–Trinajstić information content (AvgIpc) is 2.62. The Hall–Kier alpha value is -0.970. The van der Waals surface area contributed by atoms with Gasteiger partial charge in [0.2, 0.25) is 0 Å². The second kappa shape index (κ2) is 6.10. The molecular formula is C13H21N3O. The van der Waals surface area contributed by atoms with Crippen molar-refractivity contribution in [2.24, 2.45) is 5.73 Å². The van der Waals surface area contributed by atoms with Crippen molar-refractivity contribution in [3.8, 4) is 0 Å². The molecule has 0 bridgehead atoms. The van der Waals surface area contributed by atoms with E-state index >= 15 is 0 Å². The van der Waals surface area contributed by atoms with Gasteiger partial charge in [0.1, 0.15) is 0 Å². The molecule has 2 rings (SSSR count). The summed E-state index contributed by atoms with van der Waals surface area (Å²) >= 11 is 0. The van der Waals surface area contributed by atoms with Crippen molar-refractivity contribution in [2.75, 3.05) is 32.8 Å². The van der Waals surface area contributed by atoms with Gasteiger partial charge in [-0.3, -0.25) is 9.88 Å². The number of ether oxygens (including phenoxy) is 1. The van der Waals surface area contributed by atoms with Gasteiger partial charge < -0.3 is 10.5 Å². The van der Waals surface area contributed by atoms with Crippen LogP contribution in [0.25, 0.3) is 0 Å². The standard InChI is InChI=1S/C13H21N3O/c1-11-3-4-12(10-15-11)13(9-14)16-5-2-7-17-8-6-16/h3-4,10,13H,2,5-9,14H2,1H3. The van der Waals surface area contributed by atoms with Crippen LogP contribution in [0, 0.1) is 6.92 Å². The number of aromatic nitrogens is 1. The summed E-state index contributed by atoms with van der Waals surface area (Å²) in [5, 5.41) is 0. The van der Waals surface area contributed by atoms with Crippen LogP contribution >= 0.6 is 0 Å². The molecule has 1 saturated heterocycles. The van der Waals surface area contributed by atoms with E-state index in [9.17, 15) is 0 Å². The number of aryl methyl sites for hydroxylation is 1. The fraction of sp³-hybridized carbons (Fsp3) is 0.615. The zero-order chi connectivity index (χ0) is 12.1. The van der Waals surface area contributed by atoms with Crippen molar-refractivity contribution >= 4 is 0 Å². The van der Waals surface area contributed by atoms with Crippen molar-refractivity contribution in [2.45, 2.75) is 19.4 Å². The zero-order valence-electron chi connectivity index (χ0n) is 10.4. The van der Waals surface area contributed by atoms with Crippen LogP contribution in [-0.4, -0.2) is 42.7 Å². The van der Waals surface area contributed by atoms with Gasteiger partial charge in [-0.15, -0.1) is 0 Å². The highest BCUT2D eigenvalue weighted by Gasteiger charge is 2.20. The number of hydrogen-bond acceptors (Lipinski definition) is 4. The molecule has 0 radical (unpaired) electrons. The summed E-state index contributed by atoms with van der Waals surface area (Å²) in [7, 11) is 0. The molecule has 1 aliphatic rings. The molecule has 1 aliphatic heterocycles. The molecule has 4 nitrogen and oxygen atoms in total. The fourth-order valence-corrected chi connectivity index (χ4v) is 2.25. The Balaban J connectivity index is 2.11. The molecule has 0 amide bonds. The van der Waals surface area contributed by atoms with Gasteiger partial charge in [0.25, 0.3) is 0 Å². The second-order valence-electron chi connectivity index (χ2n) is 4.49. The van der Waals surface area contributed by atoms with Gasteiger partial charge in [-0.1, -0.05) is 6.07 Å². The third-order valence-electron chi connectivity index (χ3n) is 3.24. The van der Waals surface area contributed by atoms with Gasteiger partial charge in [-0.25, -0.2) is 0 Å². The first kappa shape index (κ1) is 12.5. The first-order valence-electron chi connectivity index (χ1n) is 6.25. The fourth-order valence-electron chi connectivity index (χ4n) is 2.25. The van der Waals surface area contributed by atoms with Crippen LogP contribution in [0.3, 0.4) is 0 Å². The molecule has 0 aromatic carbocycles. The molecule has 1 aromatic rings. The van der Waals surface area contributed by atoms with E-state index in [1.54, 1.807) is 0 Å². The molecule has 1 unspecified atom stereocenters. The Kier molecular flexibility index (Phi) is 4.48. The zero-order valence-corrected chi connectivity index (χ0v) is 10.4. The Morgan fingerprint density at radius 1 is 1.41 bits per heavy atom. The predicted octanol–water partition coefficient (Wildman–Crippen LogP) is 1.11. The minimum Gasteiger partial charge on any atom is -0.380 e. The lowest BCUT2D eigenvalue weighted by atomic mass is 10.1. The highest BCUT2D eigenvalue weighted by atomic mass is 16.5. The molecule has 2 heterocycles. The lowest BCUT2D eigenvalue weighted by Gasteiger charge is -2.29. The first-order chi connectivity index (χ1) is 8.31. The predicted molar refractivity (Wildman–Crippen MR) is 67.8 cm³/mol. The van der Waals surface area contributed by atoms with Gasteiger partial charge in [0, 0.05) is 44.2 Å². The molecule has 1 atom stereocenters. The highest BCUT2D eigenvalue weighted by Crippen LogP contribution is 2.20. The topological polar surface area (TPSA) is 51.4 Å². The van der Waals surface area contributed by atoms with E-state index in [4.69, 9.17) is 10.5 Å². The van der Waals surface area contributed by atoms with E-state index in [1.807, 2.05) is 19.2 Å². The molecular weight excluding hydrogens is 214 g/mol. The molecule has 2 N–H and O–H groups in total. The SMILES string of the molecule is Cc1ccc(C(CN)N2CCCOCC2)cn1. The summed E-state index contributed by atoms with van der Waals surface area (Å²) < 4.78 is 5.48. The highest BCUT2D eigenvalue weighted by molar-refractivity contribution is 5.17. The minimum atomic E-state index is 0.268. The number of nitrogens with two attached hydrogens (primary N) is 1. The van der Waals surface area contributed by atoms with E-state index in [0.717, 1.165) is 38.4 Å². The minimum absolute atomic E-state index is 0.268. The van der Waals surface area contributed by atoms with Crippen LogP contribution in [0.4, 0.5) is 0 Å². The van der Waals surface area contributed by atoms with Crippen LogP contribution in [-0.2, 0) is 4.74 Å². The largest absolute Gasteiger partial charge is 0.380 e. The molecule has 0 saturated carbocycles. The summed E-state index contributed by atoms with van der Waals surface area (Å²) in [6, 6.07) is 4.45. The molecule has 4 heteroatoms. The number of nitrogens with zero attached hydrogens (tertiary/aromatic N) is 2. The Bertz CT molecular complexity index is 331. The first-order valence-corrected chi connectivity index (χ1v) is 6.25. The van der Waals surface area contributed by atoms with Crippen LogP contribution in [0.15, 0.2) is 18.3 Å². The molecule has 1 aromatic heterocycles. The van der Waals surface area contributed by atoms with Crippen molar-refractivity contribution < 1.29 is 4.74 Å². The molecule has 94 valence electrons. The quantitative estimate of drug-likeness (QED) is 0.852. The summed E-state index contributed by atoms with van der Waals surface area (Å²) in [5.74, 6) is 0. The summed E-state index contributed by atoms with van der Waals surface area (Å²) in [6.45, 7) is 6.30. The summed E-state index contributed by atoms with van der Waals surface area (Å²) in [4.78, 5) is 6.75. The number of hydrogen-bond donors (Lipinski definition) is 1. The number of rotatable bonds is 3. The van der Waals surface area contributed by atoms with E-state index in [2.05, 4.69) is 16.0 Å². The maximum atomic E-state index is 5.91. The van der Waals surface area contributed by atoms with E-state index < -0.39 is 0 Å². The Morgan fingerprint density at radius 3 is 3.00 bits per heavy atom. The van der Waals surface area contributed by atoms with Gasteiger partial charge in [-0.2, -0.15) is 0 Å². The normalized spacial score (nSPS) is 19.9. The molecule has 0 spiro atoms. The van der Waals surface area contributed by atoms with Crippen molar-refractivity contribution in [1.82, 2.24) is 9.88 Å². The second-order valence-corrected chi connectivity index (χ2v) is 4.49. The van der Waals surface area contributed by atoms with Gasteiger partial charge in [0.15, 0.2) is 0 Å². The third kappa shape index (κ3) is 3.25. The van der Waals surface area contributed by atoms with E-state index in [1.165, 1.54) is 5.56 Å². The van der Waals surface area contributed by atoms with Crippen LogP contribution < -0.4 is 5.73 Å². The molecule has 1 fully saturated rings. The third-order valence-corrected chi connectivity index (χ3v) is 3.24. The Morgan fingerprint density at radius 2 is 2.29 bits per heavy atom. The van der Waals surface area contributed by atoms with Crippen LogP contribution in [0.5, 0.6) is 0 Å². The maximum Gasteiger partial charge on any atom is 0.0593 e. The van der Waals surface area contributed by atoms with Crippen molar-refractivity contribution in [1.29, 1.82) is 0 Å². The van der Waals surface area contributed by atoms with Crippen molar-refractivity contribution in [3.05, 3.63) is 29.6 Å². The van der Waals surface area contributed by atoms with Gasteiger partial charge in [0.05, 0.1) is 6.61 Å². The maximum absolute atomic E-state index is 5.91. The smallest absolute Gasteiger partial charge is 0.0593 e. The monoisotopic (exact) mass is 235 g/mol. The lowest BCUT2D eigenvalue weighted by molar-refractivity contribution is 0.132. The summed E-state index contributed by atoms with van der Waals surface area (Å²) in [5.41, 5.74) is 8.17. The van der Waals surface area contributed by atoms with Gasteiger partial charge >= 0.3 is 0 Å². The lowest BCUT2D eigenvalue weighted by Crippen LogP contribution is -2.35. The van der Waals surface area contributed by atoms with Crippen molar-refractivity contribution in [3.63, 3.8) is 0 Å². The molecule has 0 aliphatic carbocycles. The van der Waals surface area contributed by atoms with E-state index in [-0.39, 0.29) is 6.04 Å². The number of pyridine rings is 1.